The largest absolute Gasteiger partial charge is 0.453 e. The van der Waals surface area contributed by atoms with Crippen molar-refractivity contribution < 1.29 is 9.53 Å². The molecular formula is C7H13NO2. The molecule has 0 aliphatic carbocycles. The zero-order valence-corrected chi connectivity index (χ0v) is 6.46. The maximum absolute atomic E-state index is 10.9. The molecule has 1 saturated heterocycles. The minimum absolute atomic E-state index is 0.190. The molecule has 1 heterocycles. The van der Waals surface area contributed by atoms with E-state index in [0.29, 0.717) is 5.92 Å². The summed E-state index contributed by atoms with van der Waals surface area (Å²) in [5.74, 6) is 0.638. The first-order chi connectivity index (χ1) is 4.74. The average molecular weight is 143 g/mol. The van der Waals surface area contributed by atoms with Crippen molar-refractivity contribution in [3.63, 3.8) is 0 Å². The summed E-state index contributed by atoms with van der Waals surface area (Å²) in [5.41, 5.74) is 0. The summed E-state index contributed by atoms with van der Waals surface area (Å²) in [6.07, 6.45) is 0.916. The third kappa shape index (κ3) is 1.40. The number of ether oxygens (including phenoxy) is 1. The Morgan fingerprint density at radius 1 is 1.70 bits per heavy atom. The number of amides is 1. The molecule has 10 heavy (non-hydrogen) atoms. The molecule has 1 rings (SSSR count). The molecule has 58 valence electrons. The normalized spacial score (nSPS) is 25.0. The van der Waals surface area contributed by atoms with Crippen molar-refractivity contribution in [3.8, 4) is 0 Å². The van der Waals surface area contributed by atoms with Gasteiger partial charge >= 0.3 is 6.09 Å². The van der Waals surface area contributed by atoms with E-state index in [1.54, 1.807) is 4.90 Å². The molecule has 0 unspecified atom stereocenters. The minimum atomic E-state index is -0.190. The molecule has 1 amide bonds. The number of likely N-dealkylation sites (tertiary alicyclic amines) is 1. The molecule has 1 aliphatic heterocycles. The van der Waals surface area contributed by atoms with E-state index >= 15 is 0 Å². The van der Waals surface area contributed by atoms with Crippen molar-refractivity contribution in [1.82, 2.24) is 4.90 Å². The second kappa shape index (κ2) is 2.90. The highest BCUT2D eigenvalue weighted by molar-refractivity contribution is 5.67. The van der Waals surface area contributed by atoms with E-state index < -0.39 is 0 Å². The van der Waals surface area contributed by atoms with E-state index in [-0.39, 0.29) is 6.09 Å². The SMILES string of the molecule is COC(=O)N1CC[C@H](C)C1. The maximum Gasteiger partial charge on any atom is 0.409 e. The van der Waals surface area contributed by atoms with Crippen molar-refractivity contribution in [1.29, 1.82) is 0 Å². The smallest absolute Gasteiger partial charge is 0.409 e. The van der Waals surface area contributed by atoms with Gasteiger partial charge in [-0.3, -0.25) is 0 Å². The Kier molecular flexibility index (Phi) is 2.14. The van der Waals surface area contributed by atoms with E-state index in [4.69, 9.17) is 0 Å². The van der Waals surface area contributed by atoms with Gasteiger partial charge in [-0.15, -0.1) is 0 Å². The molecule has 0 aromatic carbocycles. The molecule has 3 heteroatoms. The first kappa shape index (κ1) is 7.38. The fraction of sp³-hybridized carbons (Fsp3) is 0.857. The van der Waals surface area contributed by atoms with Crippen molar-refractivity contribution in [3.05, 3.63) is 0 Å². The molecule has 3 nitrogen and oxygen atoms in total. The van der Waals surface area contributed by atoms with Gasteiger partial charge < -0.3 is 9.64 Å². The molecule has 0 radical (unpaired) electrons. The predicted molar refractivity (Wildman–Crippen MR) is 37.8 cm³/mol. The Bertz CT molecular complexity index is 136. The van der Waals surface area contributed by atoms with E-state index in [1.807, 2.05) is 0 Å². The van der Waals surface area contributed by atoms with Crippen LogP contribution in [-0.2, 0) is 4.74 Å². The van der Waals surface area contributed by atoms with Crippen molar-refractivity contribution in [2.75, 3.05) is 20.2 Å². The first-order valence-corrected chi connectivity index (χ1v) is 3.57. The van der Waals surface area contributed by atoms with Gasteiger partial charge in [0.15, 0.2) is 0 Å². The lowest BCUT2D eigenvalue weighted by atomic mass is 10.2. The van der Waals surface area contributed by atoms with Crippen LogP contribution in [0.25, 0.3) is 0 Å². The molecular weight excluding hydrogens is 130 g/mol. The van der Waals surface area contributed by atoms with Crippen molar-refractivity contribution >= 4 is 6.09 Å². The number of hydrogen-bond acceptors (Lipinski definition) is 2. The number of carbonyl (C=O) groups excluding carboxylic acids is 1. The molecule has 0 N–H and O–H groups in total. The van der Waals surface area contributed by atoms with Gasteiger partial charge in [-0.1, -0.05) is 6.92 Å². The first-order valence-electron chi connectivity index (χ1n) is 3.57. The van der Waals surface area contributed by atoms with E-state index in [2.05, 4.69) is 11.7 Å². The number of hydrogen-bond donors (Lipinski definition) is 0. The van der Waals surface area contributed by atoms with Gasteiger partial charge in [0.1, 0.15) is 0 Å². The van der Waals surface area contributed by atoms with Gasteiger partial charge in [0, 0.05) is 13.1 Å². The Morgan fingerprint density at radius 2 is 2.40 bits per heavy atom. The lowest BCUT2D eigenvalue weighted by molar-refractivity contribution is 0.132. The van der Waals surface area contributed by atoms with Crippen LogP contribution in [0.3, 0.4) is 0 Å². The molecule has 0 aromatic rings. The van der Waals surface area contributed by atoms with Gasteiger partial charge in [0.25, 0.3) is 0 Å². The van der Waals surface area contributed by atoms with Crippen LogP contribution in [-0.4, -0.2) is 31.2 Å². The van der Waals surface area contributed by atoms with E-state index in [0.717, 1.165) is 19.5 Å². The predicted octanol–water partition coefficient (Wildman–Crippen LogP) is 1.09. The molecule has 0 saturated carbocycles. The molecule has 0 aromatic heterocycles. The molecule has 1 atom stereocenters. The Hall–Kier alpha value is -0.730. The number of nitrogens with zero attached hydrogens (tertiary/aromatic N) is 1. The fourth-order valence-electron chi connectivity index (χ4n) is 1.23. The third-order valence-electron chi connectivity index (χ3n) is 1.86. The molecule has 1 aliphatic rings. The van der Waals surface area contributed by atoms with Gasteiger partial charge in [-0.2, -0.15) is 0 Å². The number of carbonyl (C=O) groups is 1. The summed E-state index contributed by atoms with van der Waals surface area (Å²) in [6.45, 7) is 3.85. The van der Waals surface area contributed by atoms with Gasteiger partial charge in [0.05, 0.1) is 7.11 Å². The van der Waals surface area contributed by atoms with Crippen LogP contribution in [0.2, 0.25) is 0 Å². The van der Waals surface area contributed by atoms with Crippen molar-refractivity contribution in [2.45, 2.75) is 13.3 Å². The van der Waals surface area contributed by atoms with Crippen molar-refractivity contribution in [2.24, 2.45) is 5.92 Å². The van der Waals surface area contributed by atoms with Gasteiger partial charge in [-0.25, -0.2) is 4.79 Å². The Balaban J connectivity index is 2.37. The van der Waals surface area contributed by atoms with Crippen LogP contribution in [0.1, 0.15) is 13.3 Å². The summed E-state index contributed by atoms with van der Waals surface area (Å²) in [5, 5.41) is 0. The second-order valence-electron chi connectivity index (χ2n) is 2.81. The van der Waals surface area contributed by atoms with Crippen LogP contribution >= 0.6 is 0 Å². The maximum atomic E-state index is 10.9. The summed E-state index contributed by atoms with van der Waals surface area (Å²) in [4.78, 5) is 12.6. The molecule has 0 bridgehead atoms. The summed E-state index contributed by atoms with van der Waals surface area (Å²) in [6, 6.07) is 0. The Labute approximate surface area is 61.0 Å². The summed E-state index contributed by atoms with van der Waals surface area (Å²) >= 11 is 0. The second-order valence-corrected chi connectivity index (χ2v) is 2.81. The number of rotatable bonds is 0. The Morgan fingerprint density at radius 3 is 2.80 bits per heavy atom. The van der Waals surface area contributed by atoms with E-state index in [1.165, 1.54) is 7.11 Å². The highest BCUT2D eigenvalue weighted by atomic mass is 16.5. The summed E-state index contributed by atoms with van der Waals surface area (Å²) in [7, 11) is 1.42. The van der Waals surface area contributed by atoms with Crippen LogP contribution in [0.15, 0.2) is 0 Å². The quantitative estimate of drug-likeness (QED) is 0.508. The number of methoxy groups -OCH3 is 1. The minimum Gasteiger partial charge on any atom is -0.453 e. The van der Waals surface area contributed by atoms with Crippen LogP contribution in [0.4, 0.5) is 4.79 Å². The molecule has 1 fully saturated rings. The third-order valence-corrected chi connectivity index (χ3v) is 1.86. The molecule has 0 spiro atoms. The highest BCUT2D eigenvalue weighted by Gasteiger charge is 2.23. The highest BCUT2D eigenvalue weighted by Crippen LogP contribution is 2.15. The average Bonchev–Trinajstić information content (AvgIpc) is 2.34. The van der Waals surface area contributed by atoms with Crippen LogP contribution in [0, 0.1) is 5.92 Å². The van der Waals surface area contributed by atoms with E-state index in [9.17, 15) is 4.79 Å². The van der Waals surface area contributed by atoms with Crippen LogP contribution in [0.5, 0.6) is 0 Å². The zero-order chi connectivity index (χ0) is 7.56. The lowest BCUT2D eigenvalue weighted by Crippen LogP contribution is -2.27. The van der Waals surface area contributed by atoms with Gasteiger partial charge in [-0.05, 0) is 12.3 Å². The topological polar surface area (TPSA) is 29.5 Å². The van der Waals surface area contributed by atoms with Gasteiger partial charge in [0.2, 0.25) is 0 Å². The van der Waals surface area contributed by atoms with Crippen LogP contribution < -0.4 is 0 Å². The lowest BCUT2D eigenvalue weighted by Gasteiger charge is -2.12. The monoisotopic (exact) mass is 143 g/mol. The fourth-order valence-corrected chi connectivity index (χ4v) is 1.23. The summed E-state index contributed by atoms with van der Waals surface area (Å²) < 4.78 is 4.57. The standard InChI is InChI=1S/C7H13NO2/c1-6-3-4-8(5-6)7(9)10-2/h6H,3-5H2,1-2H3/t6-/m0/s1. The zero-order valence-electron chi connectivity index (χ0n) is 6.46.